The number of nitrogens with zero attached hydrogens (tertiary/aromatic N) is 2. The fourth-order valence-electron chi connectivity index (χ4n) is 4.76. The van der Waals surface area contributed by atoms with Gasteiger partial charge in [0, 0.05) is 36.7 Å². The lowest BCUT2D eigenvalue weighted by molar-refractivity contribution is -0.117. The van der Waals surface area contributed by atoms with Gasteiger partial charge in [0.05, 0.1) is 18.3 Å². The predicted octanol–water partition coefficient (Wildman–Crippen LogP) is 3.19. The zero-order valence-electron chi connectivity index (χ0n) is 18.6. The largest absolute Gasteiger partial charge is 0.395 e. The maximum atomic E-state index is 13.8. The second kappa shape index (κ2) is 8.86. The number of halogens is 1. The Morgan fingerprint density at radius 3 is 2.62 bits per heavy atom. The molecule has 0 spiro atoms. The predicted molar refractivity (Wildman–Crippen MR) is 120 cm³/mol. The molecule has 0 bridgehead atoms. The minimum absolute atomic E-state index is 0.0262. The fraction of sp³-hybridized carbons (Fsp3) is 0.458. The number of benzene rings is 1. The van der Waals surface area contributed by atoms with E-state index in [1.165, 1.54) is 6.07 Å². The van der Waals surface area contributed by atoms with E-state index < -0.39 is 0 Å². The molecule has 1 fully saturated rings. The van der Waals surface area contributed by atoms with E-state index in [-0.39, 0.29) is 48.8 Å². The van der Waals surface area contributed by atoms with Gasteiger partial charge >= 0.3 is 0 Å². The van der Waals surface area contributed by atoms with E-state index in [0.29, 0.717) is 23.0 Å². The molecule has 2 heterocycles. The molecule has 1 aromatic heterocycles. The fourth-order valence-corrected chi connectivity index (χ4v) is 4.76. The minimum atomic E-state index is -0.367. The Hall–Kier alpha value is -3.00. The van der Waals surface area contributed by atoms with Crippen molar-refractivity contribution in [2.24, 2.45) is 11.8 Å². The first kappa shape index (κ1) is 22.2. The Balaban J connectivity index is 1.78. The summed E-state index contributed by atoms with van der Waals surface area (Å²) >= 11 is 0. The highest BCUT2D eigenvalue weighted by Crippen LogP contribution is 2.50. The summed E-state index contributed by atoms with van der Waals surface area (Å²) in [5.74, 6) is 0.342. The van der Waals surface area contributed by atoms with Crippen LogP contribution < -0.4 is 15.5 Å². The molecule has 0 saturated heterocycles. The molecule has 2 aliphatic rings. The first-order valence-corrected chi connectivity index (χ1v) is 11.0. The van der Waals surface area contributed by atoms with Crippen molar-refractivity contribution in [3.8, 4) is 0 Å². The van der Waals surface area contributed by atoms with Gasteiger partial charge in [-0.15, -0.1) is 0 Å². The minimum Gasteiger partial charge on any atom is -0.395 e. The van der Waals surface area contributed by atoms with Crippen LogP contribution in [0.3, 0.4) is 0 Å². The Labute approximate surface area is 187 Å². The van der Waals surface area contributed by atoms with Crippen molar-refractivity contribution in [2.75, 3.05) is 23.4 Å². The smallest absolute Gasteiger partial charge is 0.251 e. The van der Waals surface area contributed by atoms with E-state index >= 15 is 0 Å². The molecule has 7 nitrogen and oxygen atoms in total. The number of carbonyl (C=O) groups is 2. The van der Waals surface area contributed by atoms with Crippen molar-refractivity contribution in [1.82, 2.24) is 10.3 Å². The number of fused-ring (bicyclic) bond motifs is 1. The number of aryl methyl sites for hydroxylation is 1. The van der Waals surface area contributed by atoms with Gasteiger partial charge in [-0.2, -0.15) is 0 Å². The van der Waals surface area contributed by atoms with Gasteiger partial charge in [-0.1, -0.05) is 6.92 Å². The monoisotopic (exact) mass is 440 g/mol. The van der Waals surface area contributed by atoms with Gasteiger partial charge in [0.25, 0.3) is 5.91 Å². The van der Waals surface area contributed by atoms with Crippen LogP contribution in [-0.2, 0) is 4.79 Å². The molecule has 1 saturated carbocycles. The van der Waals surface area contributed by atoms with E-state index in [4.69, 9.17) is 5.11 Å². The van der Waals surface area contributed by atoms with Crippen LogP contribution in [-0.4, -0.2) is 41.1 Å². The molecule has 170 valence electrons. The molecule has 3 unspecified atom stereocenters. The highest BCUT2D eigenvalue weighted by Gasteiger charge is 2.47. The van der Waals surface area contributed by atoms with Crippen LogP contribution in [0.25, 0.3) is 0 Å². The van der Waals surface area contributed by atoms with Gasteiger partial charge in [0.15, 0.2) is 0 Å². The van der Waals surface area contributed by atoms with Gasteiger partial charge in [-0.25, -0.2) is 9.37 Å². The first-order valence-electron chi connectivity index (χ1n) is 11.0. The number of nitrogens with one attached hydrogen (secondary N) is 2. The van der Waals surface area contributed by atoms with E-state index in [2.05, 4.69) is 22.5 Å². The third-order valence-corrected chi connectivity index (χ3v) is 6.41. The lowest BCUT2D eigenvalue weighted by Crippen LogP contribution is -2.51. The molecule has 2 amide bonds. The molecule has 1 aromatic carbocycles. The van der Waals surface area contributed by atoms with Crippen molar-refractivity contribution in [2.45, 2.75) is 45.7 Å². The topological polar surface area (TPSA) is 94.6 Å². The van der Waals surface area contributed by atoms with Gasteiger partial charge in [-0.3, -0.25) is 9.59 Å². The summed E-state index contributed by atoms with van der Waals surface area (Å²) in [5.41, 5.74) is 2.36. The van der Waals surface area contributed by atoms with Crippen molar-refractivity contribution < 1.29 is 19.1 Å². The second-order valence-electron chi connectivity index (χ2n) is 8.71. The lowest BCUT2D eigenvalue weighted by atomic mass is 9.79. The summed E-state index contributed by atoms with van der Waals surface area (Å²) in [4.78, 5) is 31.4. The summed E-state index contributed by atoms with van der Waals surface area (Å²) in [6, 6.07) is 8.14. The highest BCUT2D eigenvalue weighted by molar-refractivity contribution is 5.98. The van der Waals surface area contributed by atoms with Crippen LogP contribution in [0.1, 0.15) is 54.3 Å². The average Bonchev–Trinajstić information content (AvgIpc) is 3.60. The number of carbonyl (C=O) groups excluding carboxylic acids is 2. The molecule has 3 N–H and O–H groups in total. The van der Waals surface area contributed by atoms with Crippen LogP contribution in [0.2, 0.25) is 0 Å². The van der Waals surface area contributed by atoms with Gasteiger partial charge in [0.2, 0.25) is 5.91 Å². The Morgan fingerprint density at radius 2 is 2.00 bits per heavy atom. The lowest BCUT2D eigenvalue weighted by Gasteiger charge is -2.46. The third-order valence-electron chi connectivity index (χ3n) is 6.41. The molecule has 32 heavy (non-hydrogen) atoms. The normalized spacial score (nSPS) is 22.3. The van der Waals surface area contributed by atoms with E-state index in [1.54, 1.807) is 32.0 Å². The number of hydrogen-bond acceptors (Lipinski definition) is 5. The molecular formula is C24H29FN4O3. The summed E-state index contributed by atoms with van der Waals surface area (Å²) in [6.07, 6.45) is 2.16. The molecule has 3 atom stereocenters. The quantitative estimate of drug-likeness (QED) is 0.641. The van der Waals surface area contributed by atoms with Crippen LogP contribution >= 0.6 is 0 Å². The Morgan fingerprint density at radius 1 is 1.25 bits per heavy atom. The maximum absolute atomic E-state index is 13.8. The summed E-state index contributed by atoms with van der Waals surface area (Å²) in [5, 5.41) is 15.1. The van der Waals surface area contributed by atoms with Crippen molar-refractivity contribution in [3.05, 3.63) is 53.0 Å². The van der Waals surface area contributed by atoms with E-state index in [1.807, 2.05) is 11.0 Å². The van der Waals surface area contributed by atoms with Crippen LogP contribution in [0, 0.1) is 24.6 Å². The summed E-state index contributed by atoms with van der Waals surface area (Å²) in [6.45, 7) is 5.32. The SMILES string of the molecule is CC(=O)N1c2ccc(C(=O)NCCO)cc2C(Nc2ccc(F)c(C)n2)C(C)C1C1CC1. The zero-order chi connectivity index (χ0) is 23.0. The summed E-state index contributed by atoms with van der Waals surface area (Å²) in [7, 11) is 0. The molecule has 0 radical (unpaired) electrons. The Bertz CT molecular complexity index is 1040. The number of hydrogen-bond donors (Lipinski definition) is 3. The van der Waals surface area contributed by atoms with Gasteiger partial charge in [0.1, 0.15) is 11.6 Å². The molecule has 1 aliphatic heterocycles. The highest BCUT2D eigenvalue weighted by atomic mass is 19.1. The zero-order valence-corrected chi connectivity index (χ0v) is 18.6. The van der Waals surface area contributed by atoms with Crippen LogP contribution in [0.4, 0.5) is 15.9 Å². The number of rotatable bonds is 6. The van der Waals surface area contributed by atoms with Gasteiger partial charge in [-0.05, 0) is 61.6 Å². The molecule has 8 heteroatoms. The van der Waals surface area contributed by atoms with Crippen LogP contribution in [0.5, 0.6) is 0 Å². The number of anilines is 2. The number of pyridine rings is 1. The number of aliphatic hydroxyl groups is 1. The first-order chi connectivity index (χ1) is 15.3. The number of aliphatic hydroxyl groups excluding tert-OH is 1. The molecular weight excluding hydrogens is 411 g/mol. The standard InChI is InChI=1S/C24H29FN4O3/c1-13-22(28-21-9-7-19(25)14(2)27-21)18-12-17(24(32)26-10-11-30)6-8-20(18)29(15(3)31)23(13)16-4-5-16/h6-9,12-13,16,22-23,30H,4-5,10-11H2,1-3H3,(H,26,32)(H,27,28). The molecule has 1 aliphatic carbocycles. The molecule has 4 rings (SSSR count). The number of amides is 2. The van der Waals surface area contributed by atoms with Crippen molar-refractivity contribution in [3.63, 3.8) is 0 Å². The second-order valence-corrected chi connectivity index (χ2v) is 8.71. The van der Waals surface area contributed by atoms with Crippen LogP contribution in [0.15, 0.2) is 30.3 Å². The molecule has 2 aromatic rings. The maximum Gasteiger partial charge on any atom is 0.251 e. The van der Waals surface area contributed by atoms with E-state index in [0.717, 1.165) is 24.1 Å². The third kappa shape index (κ3) is 4.19. The van der Waals surface area contributed by atoms with Gasteiger partial charge < -0.3 is 20.6 Å². The average molecular weight is 441 g/mol. The van der Waals surface area contributed by atoms with E-state index in [9.17, 15) is 14.0 Å². The van der Waals surface area contributed by atoms with Crippen molar-refractivity contribution >= 4 is 23.3 Å². The number of aromatic nitrogens is 1. The Kier molecular flexibility index (Phi) is 6.15. The summed E-state index contributed by atoms with van der Waals surface area (Å²) < 4.78 is 13.8. The van der Waals surface area contributed by atoms with Crippen molar-refractivity contribution in [1.29, 1.82) is 0 Å².